The van der Waals surface area contributed by atoms with E-state index in [1.807, 2.05) is 32.9 Å². The molecule has 0 bridgehead atoms. The number of carbonyl (C=O) groups excluding carboxylic acids is 1. The Hall–Kier alpha value is -2.60. The lowest BCUT2D eigenvalue weighted by Gasteiger charge is -2.22. The van der Waals surface area contributed by atoms with Gasteiger partial charge in [0.1, 0.15) is 0 Å². The topological polar surface area (TPSA) is 44.1 Å². The van der Waals surface area contributed by atoms with Crippen LogP contribution >= 0.6 is 0 Å². The second-order valence-electron chi connectivity index (χ2n) is 5.08. The molecule has 3 heteroatoms. The van der Waals surface area contributed by atoms with Crippen LogP contribution in [-0.4, -0.2) is 12.5 Å². The number of aryl methyl sites for hydroxylation is 2. The summed E-state index contributed by atoms with van der Waals surface area (Å²) in [5, 5.41) is 8.82. The minimum Gasteiger partial charge on any atom is -0.309 e. The van der Waals surface area contributed by atoms with Crippen LogP contribution in [0.25, 0.3) is 0 Å². The summed E-state index contributed by atoms with van der Waals surface area (Å²) in [6, 6.07) is 14.9. The molecular formula is C18H18N2O. The predicted octanol–water partition coefficient (Wildman–Crippen LogP) is 3.84. The normalized spacial score (nSPS) is 10.0. The smallest absolute Gasteiger partial charge is 0.258 e. The average molecular weight is 278 g/mol. The molecule has 0 radical (unpaired) electrons. The summed E-state index contributed by atoms with van der Waals surface area (Å²) in [4.78, 5) is 14.4. The highest BCUT2D eigenvalue weighted by Crippen LogP contribution is 2.21. The van der Waals surface area contributed by atoms with Crippen molar-refractivity contribution in [2.24, 2.45) is 0 Å². The van der Waals surface area contributed by atoms with Gasteiger partial charge in [-0.2, -0.15) is 5.26 Å². The molecular weight excluding hydrogens is 260 g/mol. The summed E-state index contributed by atoms with van der Waals surface area (Å²) in [5.74, 6) is -0.0491. The molecule has 0 aliphatic carbocycles. The van der Waals surface area contributed by atoms with Crippen molar-refractivity contribution in [1.82, 2.24) is 0 Å². The standard InChI is InChI=1S/C18H18N2O/c1-4-20(17-10-13(2)9-14(3)11-17)18(21)16-7-5-15(12-19)6-8-16/h5-11H,4H2,1-3H3. The molecule has 0 N–H and O–H groups in total. The Labute approximate surface area is 125 Å². The zero-order valence-corrected chi connectivity index (χ0v) is 12.6. The number of hydrogen-bond donors (Lipinski definition) is 0. The van der Waals surface area contributed by atoms with Crippen LogP contribution in [-0.2, 0) is 0 Å². The maximum atomic E-state index is 12.6. The molecule has 0 fully saturated rings. The Morgan fingerprint density at radius 3 is 2.14 bits per heavy atom. The summed E-state index contributed by atoms with van der Waals surface area (Å²) in [6.45, 7) is 6.61. The van der Waals surface area contributed by atoms with E-state index in [2.05, 4.69) is 12.1 Å². The lowest BCUT2D eigenvalue weighted by Crippen LogP contribution is -2.30. The number of rotatable bonds is 3. The Morgan fingerprint density at radius 2 is 1.67 bits per heavy atom. The fourth-order valence-corrected chi connectivity index (χ4v) is 2.39. The van der Waals surface area contributed by atoms with E-state index in [0.29, 0.717) is 17.7 Å². The van der Waals surface area contributed by atoms with Crippen molar-refractivity contribution < 1.29 is 4.79 Å². The molecule has 2 aromatic carbocycles. The van der Waals surface area contributed by atoms with Crippen LogP contribution in [0.1, 0.15) is 34.0 Å². The predicted molar refractivity (Wildman–Crippen MR) is 84.4 cm³/mol. The van der Waals surface area contributed by atoms with Crippen LogP contribution in [0.2, 0.25) is 0 Å². The minimum absolute atomic E-state index is 0.0491. The maximum absolute atomic E-state index is 12.6. The van der Waals surface area contributed by atoms with Gasteiger partial charge in [-0.25, -0.2) is 0 Å². The highest BCUT2D eigenvalue weighted by Gasteiger charge is 2.16. The second kappa shape index (κ2) is 6.23. The molecule has 0 saturated heterocycles. The summed E-state index contributed by atoms with van der Waals surface area (Å²) >= 11 is 0. The zero-order chi connectivity index (χ0) is 15.4. The van der Waals surface area contributed by atoms with Crippen molar-refractivity contribution in [2.75, 3.05) is 11.4 Å². The van der Waals surface area contributed by atoms with Gasteiger partial charge in [-0.3, -0.25) is 4.79 Å². The maximum Gasteiger partial charge on any atom is 0.258 e. The third-order valence-electron chi connectivity index (χ3n) is 3.34. The first kappa shape index (κ1) is 14.8. The number of amides is 1. The van der Waals surface area contributed by atoms with Crippen molar-refractivity contribution in [1.29, 1.82) is 5.26 Å². The number of carbonyl (C=O) groups is 1. The van der Waals surface area contributed by atoms with E-state index < -0.39 is 0 Å². The van der Waals surface area contributed by atoms with Crippen LogP contribution < -0.4 is 4.90 Å². The number of hydrogen-bond acceptors (Lipinski definition) is 2. The van der Waals surface area contributed by atoms with Gasteiger partial charge in [-0.05, 0) is 68.3 Å². The average Bonchev–Trinajstić information content (AvgIpc) is 2.47. The van der Waals surface area contributed by atoms with Crippen LogP contribution in [0.15, 0.2) is 42.5 Å². The first-order valence-electron chi connectivity index (χ1n) is 6.95. The van der Waals surface area contributed by atoms with E-state index in [9.17, 15) is 4.79 Å². The van der Waals surface area contributed by atoms with Crippen molar-refractivity contribution in [3.8, 4) is 6.07 Å². The van der Waals surface area contributed by atoms with Gasteiger partial charge in [0.05, 0.1) is 11.6 Å². The van der Waals surface area contributed by atoms with Crippen LogP contribution in [0, 0.1) is 25.2 Å². The number of nitriles is 1. The van der Waals surface area contributed by atoms with Crippen LogP contribution in [0.5, 0.6) is 0 Å². The summed E-state index contributed by atoms with van der Waals surface area (Å²) < 4.78 is 0. The quantitative estimate of drug-likeness (QED) is 0.856. The monoisotopic (exact) mass is 278 g/mol. The molecule has 0 heterocycles. The van der Waals surface area contributed by atoms with E-state index in [4.69, 9.17) is 5.26 Å². The van der Waals surface area contributed by atoms with E-state index in [1.165, 1.54) is 0 Å². The molecule has 0 atom stereocenters. The summed E-state index contributed by atoms with van der Waals surface area (Å²) in [5.41, 5.74) is 4.33. The van der Waals surface area contributed by atoms with Gasteiger partial charge >= 0.3 is 0 Å². The highest BCUT2D eigenvalue weighted by atomic mass is 16.2. The molecule has 0 aliphatic heterocycles. The first-order valence-corrected chi connectivity index (χ1v) is 6.95. The third kappa shape index (κ3) is 3.29. The molecule has 0 saturated carbocycles. The molecule has 106 valence electrons. The molecule has 2 aromatic rings. The van der Waals surface area contributed by atoms with Gasteiger partial charge < -0.3 is 4.90 Å². The number of nitrogens with zero attached hydrogens (tertiary/aromatic N) is 2. The van der Waals surface area contributed by atoms with E-state index >= 15 is 0 Å². The Morgan fingerprint density at radius 1 is 1.10 bits per heavy atom. The SMILES string of the molecule is CCN(C(=O)c1ccc(C#N)cc1)c1cc(C)cc(C)c1. The van der Waals surface area contributed by atoms with E-state index in [-0.39, 0.29) is 5.91 Å². The van der Waals surface area contributed by atoms with Crippen molar-refractivity contribution in [2.45, 2.75) is 20.8 Å². The molecule has 1 amide bonds. The van der Waals surface area contributed by atoms with Crippen molar-refractivity contribution in [3.63, 3.8) is 0 Å². The molecule has 0 aromatic heterocycles. The van der Waals surface area contributed by atoms with Gasteiger partial charge in [0.15, 0.2) is 0 Å². The zero-order valence-electron chi connectivity index (χ0n) is 12.6. The molecule has 0 spiro atoms. The third-order valence-corrected chi connectivity index (χ3v) is 3.34. The highest BCUT2D eigenvalue weighted by molar-refractivity contribution is 6.06. The van der Waals surface area contributed by atoms with Crippen molar-refractivity contribution >= 4 is 11.6 Å². The molecule has 3 nitrogen and oxygen atoms in total. The van der Waals surface area contributed by atoms with Crippen LogP contribution in [0.4, 0.5) is 5.69 Å². The Bertz CT molecular complexity index is 676. The largest absolute Gasteiger partial charge is 0.309 e. The lowest BCUT2D eigenvalue weighted by molar-refractivity contribution is 0.0988. The van der Waals surface area contributed by atoms with Gasteiger partial charge in [-0.1, -0.05) is 6.07 Å². The Kier molecular flexibility index (Phi) is 4.39. The van der Waals surface area contributed by atoms with E-state index in [1.54, 1.807) is 29.2 Å². The number of anilines is 1. The summed E-state index contributed by atoms with van der Waals surface area (Å²) in [7, 11) is 0. The molecule has 21 heavy (non-hydrogen) atoms. The first-order chi connectivity index (χ1) is 10.0. The molecule has 0 aliphatic rings. The van der Waals surface area contributed by atoms with Gasteiger partial charge in [0.25, 0.3) is 5.91 Å². The summed E-state index contributed by atoms with van der Waals surface area (Å²) in [6.07, 6.45) is 0. The van der Waals surface area contributed by atoms with Gasteiger partial charge in [-0.15, -0.1) is 0 Å². The van der Waals surface area contributed by atoms with Crippen molar-refractivity contribution in [3.05, 3.63) is 64.7 Å². The molecule has 0 unspecified atom stereocenters. The fraction of sp³-hybridized carbons (Fsp3) is 0.222. The van der Waals surface area contributed by atoms with Gasteiger partial charge in [0, 0.05) is 17.8 Å². The minimum atomic E-state index is -0.0491. The Balaban J connectivity index is 2.35. The number of benzene rings is 2. The lowest BCUT2D eigenvalue weighted by atomic mass is 10.1. The second-order valence-corrected chi connectivity index (χ2v) is 5.08. The van der Waals surface area contributed by atoms with Gasteiger partial charge in [0.2, 0.25) is 0 Å². The fourth-order valence-electron chi connectivity index (χ4n) is 2.39. The van der Waals surface area contributed by atoms with Crippen LogP contribution in [0.3, 0.4) is 0 Å². The van der Waals surface area contributed by atoms with E-state index in [0.717, 1.165) is 16.8 Å². The molecule has 2 rings (SSSR count).